The SMILES string of the molecule is C[Si](C)(C)C(O)(c1ccccc1)C(F)(F)C(F)(F)C(F)(F)C(F)(F)F. The summed E-state index contributed by atoms with van der Waals surface area (Å²) in [5.74, 6) is -20.0. The van der Waals surface area contributed by atoms with Crippen LogP contribution in [0.2, 0.25) is 19.6 Å². The predicted octanol–water partition coefficient (Wildman–Crippen LogP) is 5.22. The minimum absolute atomic E-state index is 0.772. The molecule has 0 amide bonds. The largest absolute Gasteiger partial charge is 0.460 e. The van der Waals surface area contributed by atoms with Crippen molar-refractivity contribution in [3.05, 3.63) is 35.9 Å². The Kier molecular flexibility index (Phi) is 5.14. The van der Waals surface area contributed by atoms with Gasteiger partial charge in [0.15, 0.2) is 0 Å². The standard InChI is InChI=1S/C14H15F9OSi/c1-25(2,3)10(24,9-7-5-4-6-8-9)11(15,16)12(17,18)13(19,20)14(21,22)23/h4-8,24H,1-3H3. The van der Waals surface area contributed by atoms with Crippen molar-refractivity contribution >= 4 is 8.07 Å². The van der Waals surface area contributed by atoms with Gasteiger partial charge in [-0.25, -0.2) is 0 Å². The molecule has 1 N–H and O–H groups in total. The molecule has 144 valence electrons. The summed E-state index contributed by atoms with van der Waals surface area (Å²) in [5, 5.41) is 6.55. The van der Waals surface area contributed by atoms with E-state index in [1.165, 1.54) is 6.07 Å². The Balaban J connectivity index is 3.75. The molecule has 1 unspecified atom stereocenters. The molecule has 0 radical (unpaired) electrons. The Hall–Kier alpha value is -1.23. The van der Waals surface area contributed by atoms with Crippen LogP contribution < -0.4 is 0 Å². The van der Waals surface area contributed by atoms with Crippen LogP contribution >= 0.6 is 0 Å². The van der Waals surface area contributed by atoms with Crippen molar-refractivity contribution in [3.8, 4) is 0 Å². The second-order valence-electron chi connectivity index (χ2n) is 6.55. The summed E-state index contributed by atoms with van der Waals surface area (Å²) in [4.78, 5) is 0. The number of aliphatic hydroxyl groups is 1. The zero-order valence-electron chi connectivity index (χ0n) is 13.2. The predicted molar refractivity (Wildman–Crippen MR) is 74.6 cm³/mol. The molecule has 0 bridgehead atoms. The fraction of sp³-hybridized carbons (Fsp3) is 0.571. The lowest BCUT2D eigenvalue weighted by Gasteiger charge is -2.48. The molecule has 0 aliphatic carbocycles. The molecule has 1 aromatic rings. The fourth-order valence-electron chi connectivity index (χ4n) is 2.37. The van der Waals surface area contributed by atoms with E-state index >= 15 is 0 Å². The molecule has 25 heavy (non-hydrogen) atoms. The summed E-state index contributed by atoms with van der Waals surface area (Å²) < 4.78 is 120. The van der Waals surface area contributed by atoms with Gasteiger partial charge in [-0.05, 0) is 5.56 Å². The van der Waals surface area contributed by atoms with Crippen LogP contribution in [-0.2, 0) is 5.22 Å². The number of hydrogen-bond acceptors (Lipinski definition) is 1. The summed E-state index contributed by atoms with van der Waals surface area (Å²) in [6.45, 7) is 2.86. The van der Waals surface area contributed by atoms with Gasteiger partial charge < -0.3 is 5.11 Å². The monoisotopic (exact) mass is 398 g/mol. The van der Waals surface area contributed by atoms with E-state index in [-0.39, 0.29) is 0 Å². The molecule has 0 saturated carbocycles. The molecule has 1 atom stereocenters. The molecule has 0 aliphatic heterocycles. The summed E-state index contributed by atoms with van der Waals surface area (Å²) in [5.41, 5.74) is -0.864. The van der Waals surface area contributed by atoms with Gasteiger partial charge in [0.1, 0.15) is 5.22 Å². The fourth-order valence-corrected chi connectivity index (χ4v) is 4.50. The number of alkyl halides is 9. The molecule has 0 spiro atoms. The molecular weight excluding hydrogens is 383 g/mol. The van der Waals surface area contributed by atoms with Crippen molar-refractivity contribution in [2.24, 2.45) is 0 Å². The van der Waals surface area contributed by atoms with Gasteiger partial charge >= 0.3 is 23.9 Å². The first-order valence-corrected chi connectivity index (χ1v) is 10.3. The topological polar surface area (TPSA) is 20.2 Å². The van der Waals surface area contributed by atoms with E-state index in [9.17, 15) is 44.6 Å². The van der Waals surface area contributed by atoms with Crippen molar-refractivity contribution in [1.29, 1.82) is 0 Å². The van der Waals surface area contributed by atoms with Gasteiger partial charge in [-0.15, -0.1) is 0 Å². The molecule has 0 saturated heterocycles. The maximum Gasteiger partial charge on any atom is 0.460 e. The van der Waals surface area contributed by atoms with Crippen LogP contribution in [0.15, 0.2) is 30.3 Å². The molecule has 1 aromatic carbocycles. The normalized spacial score (nSPS) is 17.3. The van der Waals surface area contributed by atoms with E-state index in [4.69, 9.17) is 0 Å². The molecule has 1 rings (SSSR count). The van der Waals surface area contributed by atoms with Gasteiger partial charge in [-0.1, -0.05) is 50.0 Å². The molecule has 11 heteroatoms. The van der Waals surface area contributed by atoms with E-state index < -0.39 is 42.8 Å². The highest BCUT2D eigenvalue weighted by Gasteiger charge is 2.86. The average molecular weight is 398 g/mol. The van der Waals surface area contributed by atoms with E-state index in [2.05, 4.69) is 0 Å². The highest BCUT2D eigenvalue weighted by Crippen LogP contribution is 2.59. The van der Waals surface area contributed by atoms with E-state index in [1.54, 1.807) is 0 Å². The van der Waals surface area contributed by atoms with Crippen LogP contribution in [0.3, 0.4) is 0 Å². The summed E-state index contributed by atoms with van der Waals surface area (Å²) in [7, 11) is -3.91. The van der Waals surface area contributed by atoms with Crippen LogP contribution in [0.4, 0.5) is 39.5 Å². The lowest BCUT2D eigenvalue weighted by molar-refractivity contribution is -0.412. The van der Waals surface area contributed by atoms with Crippen LogP contribution in [0.5, 0.6) is 0 Å². The van der Waals surface area contributed by atoms with Gasteiger partial charge in [0.25, 0.3) is 0 Å². The quantitative estimate of drug-likeness (QED) is 0.533. The number of rotatable bonds is 5. The first-order chi connectivity index (χ1) is 10.9. The van der Waals surface area contributed by atoms with Crippen molar-refractivity contribution in [2.75, 3.05) is 0 Å². The van der Waals surface area contributed by atoms with Gasteiger partial charge in [-0.2, -0.15) is 39.5 Å². The van der Waals surface area contributed by atoms with E-state index in [0.29, 0.717) is 0 Å². The minimum atomic E-state index is -7.05. The summed E-state index contributed by atoms with van der Waals surface area (Å²) >= 11 is 0. The molecule has 1 nitrogen and oxygen atoms in total. The van der Waals surface area contributed by atoms with Crippen molar-refractivity contribution in [1.82, 2.24) is 0 Å². The maximum atomic E-state index is 14.5. The van der Waals surface area contributed by atoms with Gasteiger partial charge in [0.05, 0.1) is 8.07 Å². The lowest BCUT2D eigenvalue weighted by Crippen LogP contribution is -2.72. The highest BCUT2D eigenvalue weighted by atomic mass is 28.3. The Morgan fingerprint density at radius 1 is 0.680 bits per heavy atom. The summed E-state index contributed by atoms with van der Waals surface area (Å²) in [6, 6.07) is 4.95. The third-order valence-corrected chi connectivity index (χ3v) is 6.65. The number of hydrogen-bond donors (Lipinski definition) is 1. The lowest BCUT2D eigenvalue weighted by atomic mass is 9.93. The smallest absolute Gasteiger partial charge is 0.382 e. The van der Waals surface area contributed by atoms with Crippen molar-refractivity contribution in [3.63, 3.8) is 0 Å². The first kappa shape index (κ1) is 21.8. The maximum absolute atomic E-state index is 14.5. The highest BCUT2D eigenvalue weighted by molar-refractivity contribution is 6.78. The molecular formula is C14H15F9OSi. The Morgan fingerprint density at radius 3 is 1.40 bits per heavy atom. The van der Waals surface area contributed by atoms with Crippen LogP contribution in [0, 0.1) is 0 Å². The van der Waals surface area contributed by atoms with Gasteiger partial charge in [0.2, 0.25) is 0 Å². The van der Waals surface area contributed by atoms with Crippen LogP contribution in [-0.4, -0.2) is 37.1 Å². The second-order valence-corrected chi connectivity index (χ2v) is 11.8. The zero-order chi connectivity index (χ0) is 20.1. The first-order valence-electron chi connectivity index (χ1n) is 6.84. The van der Waals surface area contributed by atoms with Gasteiger partial charge in [0, 0.05) is 0 Å². The van der Waals surface area contributed by atoms with Crippen LogP contribution in [0.25, 0.3) is 0 Å². The Labute approximate surface area is 138 Å². The molecule has 0 aromatic heterocycles. The van der Waals surface area contributed by atoms with Crippen molar-refractivity contribution < 1.29 is 44.6 Å². The zero-order valence-corrected chi connectivity index (χ0v) is 14.2. The van der Waals surface area contributed by atoms with Crippen LogP contribution in [0.1, 0.15) is 5.56 Å². The number of benzene rings is 1. The van der Waals surface area contributed by atoms with Gasteiger partial charge in [-0.3, -0.25) is 0 Å². The molecule has 0 fully saturated rings. The Bertz CT molecular complexity index is 607. The minimum Gasteiger partial charge on any atom is -0.382 e. The van der Waals surface area contributed by atoms with E-state index in [1.807, 2.05) is 0 Å². The average Bonchev–Trinajstić information content (AvgIpc) is 2.44. The summed E-state index contributed by atoms with van der Waals surface area (Å²) in [6.07, 6.45) is -6.93. The third kappa shape index (κ3) is 2.94. The molecule has 0 aliphatic rings. The van der Waals surface area contributed by atoms with Crippen molar-refractivity contribution in [2.45, 2.75) is 48.8 Å². The molecule has 0 heterocycles. The van der Waals surface area contributed by atoms with E-state index in [0.717, 1.165) is 43.9 Å². The number of halogens is 9. The third-order valence-electron chi connectivity index (χ3n) is 3.88. The Morgan fingerprint density at radius 2 is 1.08 bits per heavy atom. The second kappa shape index (κ2) is 5.90.